The van der Waals surface area contributed by atoms with Gasteiger partial charge in [-0.15, -0.1) is 0 Å². The van der Waals surface area contributed by atoms with E-state index < -0.39 is 86.0 Å². The molecule has 0 aromatic heterocycles. The number of benzene rings is 1. The monoisotopic (exact) mass is 772 g/mol. The zero-order chi connectivity index (χ0) is 32.8. The first-order chi connectivity index (χ1) is 17.1. The first-order valence-corrected chi connectivity index (χ1v) is 12.1. The molecule has 3 nitrogen and oxygen atoms in total. The molecule has 0 saturated heterocycles. The molecule has 0 aliphatic rings. The van der Waals surface area contributed by atoms with Crippen molar-refractivity contribution in [1.82, 2.24) is 0 Å². The second-order valence-corrected chi connectivity index (χ2v) is 11.2. The normalized spacial score (nSPS) is 15.4. The molecule has 0 unspecified atom stereocenters. The lowest BCUT2D eigenvalue weighted by Crippen LogP contribution is -3.68. The highest BCUT2D eigenvalue weighted by atomic mass is 127. The number of halogens is 21. The van der Waals surface area contributed by atoms with Gasteiger partial charge in [0.25, 0.3) is 0 Å². The van der Waals surface area contributed by atoms with Gasteiger partial charge >= 0.3 is 72.4 Å². The van der Waals surface area contributed by atoms with Crippen molar-refractivity contribution in [2.75, 3.05) is 0 Å². The van der Waals surface area contributed by atoms with Gasteiger partial charge in [-0.05, 0) is 12.1 Å². The smallest absolute Gasteiger partial charge is 0.516 e. The Morgan fingerprint density at radius 1 is 0.500 bits per heavy atom. The molecule has 0 heterocycles. The SMILES string of the molecule is FC(F)(F)C(F)(F)C(F)(F)C(F)(F)C(F)(F)C(F)(F)C(F)(F)C(F)(F)[I+]c1ccccc1.O=S(=O)([O-])C(F)(F)F. The largest absolute Gasteiger partial charge is 0.741 e. The molecular formula is C15H5F20IO3S. The van der Waals surface area contributed by atoms with Crippen molar-refractivity contribution >= 4 is 10.1 Å². The van der Waals surface area contributed by atoms with Crippen LogP contribution in [0, 0.1) is 3.57 Å². The Hall–Kier alpha value is -1.54. The fraction of sp³-hybridized carbons (Fsp3) is 0.600. The minimum absolute atomic E-state index is 0.597. The maximum absolute atomic E-state index is 13.7. The molecule has 1 aromatic carbocycles. The predicted octanol–water partition coefficient (Wildman–Crippen LogP) is 3.96. The Morgan fingerprint density at radius 2 is 0.775 bits per heavy atom. The molecule has 40 heavy (non-hydrogen) atoms. The molecular weight excluding hydrogens is 767 g/mol. The molecule has 0 aliphatic heterocycles. The van der Waals surface area contributed by atoms with Gasteiger partial charge in [0.15, 0.2) is 13.7 Å². The minimum atomic E-state index is -8.59. The number of hydrogen-bond donors (Lipinski definition) is 0. The van der Waals surface area contributed by atoms with Crippen LogP contribution in [0.3, 0.4) is 0 Å². The molecule has 0 radical (unpaired) electrons. The molecule has 0 saturated carbocycles. The van der Waals surface area contributed by atoms with E-state index in [-0.39, 0.29) is 0 Å². The molecule has 0 fully saturated rings. The van der Waals surface area contributed by atoms with Crippen LogP contribution >= 0.6 is 0 Å². The van der Waals surface area contributed by atoms with Crippen LogP contribution < -0.4 is 21.2 Å². The van der Waals surface area contributed by atoms with Gasteiger partial charge in [0.2, 0.25) is 0 Å². The summed E-state index contributed by atoms with van der Waals surface area (Å²) in [7, 11) is -6.09. The van der Waals surface area contributed by atoms with Gasteiger partial charge in [-0.1, -0.05) is 18.2 Å². The van der Waals surface area contributed by atoms with Crippen LogP contribution in [0.25, 0.3) is 0 Å². The third kappa shape index (κ3) is 6.58. The van der Waals surface area contributed by atoms with Gasteiger partial charge in [-0.2, -0.15) is 87.8 Å². The van der Waals surface area contributed by atoms with Crippen molar-refractivity contribution in [2.24, 2.45) is 0 Å². The van der Waals surface area contributed by atoms with E-state index in [4.69, 9.17) is 13.0 Å². The molecule has 0 amide bonds. The Labute approximate surface area is 217 Å². The van der Waals surface area contributed by atoms with E-state index in [1.807, 2.05) is 0 Å². The molecule has 1 aromatic rings. The third-order valence-corrected chi connectivity index (χ3v) is 7.19. The first kappa shape index (κ1) is 38.5. The average Bonchev–Trinajstić information content (AvgIpc) is 2.71. The van der Waals surface area contributed by atoms with Crippen LogP contribution in [0.5, 0.6) is 0 Å². The van der Waals surface area contributed by atoms with Crippen molar-refractivity contribution < 1.29 is 122 Å². The van der Waals surface area contributed by atoms with Crippen molar-refractivity contribution in [2.45, 2.75) is 51.1 Å². The molecule has 0 atom stereocenters. The van der Waals surface area contributed by atoms with Gasteiger partial charge in [-0.25, -0.2) is 8.42 Å². The third-order valence-electron chi connectivity index (χ3n) is 3.93. The molecule has 0 aliphatic carbocycles. The van der Waals surface area contributed by atoms with Crippen molar-refractivity contribution in [1.29, 1.82) is 0 Å². The highest BCUT2D eigenvalue weighted by molar-refractivity contribution is 7.86. The number of hydrogen-bond acceptors (Lipinski definition) is 3. The van der Waals surface area contributed by atoms with Crippen LogP contribution in [-0.4, -0.2) is 64.1 Å². The van der Waals surface area contributed by atoms with Crippen molar-refractivity contribution in [3.05, 3.63) is 33.9 Å². The molecule has 236 valence electrons. The Balaban J connectivity index is 0.00000165. The van der Waals surface area contributed by atoms with Gasteiger partial charge in [0, 0.05) is 0 Å². The van der Waals surface area contributed by atoms with Crippen LogP contribution in [-0.2, 0) is 10.1 Å². The predicted molar refractivity (Wildman–Crippen MR) is 81.6 cm³/mol. The van der Waals surface area contributed by atoms with E-state index in [0.29, 0.717) is 12.1 Å². The summed E-state index contributed by atoms with van der Waals surface area (Å²) >= 11 is -3.79. The second kappa shape index (κ2) is 10.9. The van der Waals surface area contributed by atoms with Crippen LogP contribution in [0.2, 0.25) is 0 Å². The summed E-state index contributed by atoms with van der Waals surface area (Å²) < 4.78 is 275. The van der Waals surface area contributed by atoms with E-state index in [9.17, 15) is 87.8 Å². The second-order valence-electron chi connectivity index (χ2n) is 6.73. The Morgan fingerprint density at radius 3 is 1.05 bits per heavy atom. The van der Waals surface area contributed by atoms with Gasteiger partial charge in [-0.3, -0.25) is 0 Å². The molecule has 0 bridgehead atoms. The average molecular weight is 772 g/mol. The highest BCUT2D eigenvalue weighted by Crippen LogP contribution is 2.63. The lowest BCUT2D eigenvalue weighted by molar-refractivity contribution is -0.790. The van der Waals surface area contributed by atoms with Gasteiger partial charge < -0.3 is 4.55 Å². The number of alkyl halides is 21. The fourth-order valence-electron chi connectivity index (χ4n) is 1.82. The standard InChI is InChI=1S/C14H5F17I.CHF3O3S/c15-7(16,9(19,20)11(23,24)13(27,28)29)8(17,18)10(21,22)12(25,26)14(30,31)32-6-4-2-1-3-5-6;2-1(3,4)8(5,6)7/h1-5H;(H,5,6,7)/q+1;/p-1. The summed E-state index contributed by atoms with van der Waals surface area (Å²) in [5.41, 5.74) is -5.65. The van der Waals surface area contributed by atoms with Gasteiger partial charge in [0.1, 0.15) is 0 Å². The van der Waals surface area contributed by atoms with Crippen molar-refractivity contribution in [3.8, 4) is 0 Å². The summed E-state index contributed by atoms with van der Waals surface area (Å²) in [5, 5.41) is 0. The van der Waals surface area contributed by atoms with E-state index in [2.05, 4.69) is 0 Å². The van der Waals surface area contributed by atoms with E-state index >= 15 is 0 Å². The van der Waals surface area contributed by atoms with Crippen LogP contribution in [0.1, 0.15) is 0 Å². The van der Waals surface area contributed by atoms with Crippen LogP contribution in [0.4, 0.5) is 87.8 Å². The lowest BCUT2D eigenvalue weighted by atomic mass is 9.91. The molecule has 25 heteroatoms. The van der Waals surface area contributed by atoms with Crippen LogP contribution in [0.15, 0.2) is 30.3 Å². The zero-order valence-electron chi connectivity index (χ0n) is 17.5. The lowest BCUT2D eigenvalue weighted by Gasteiger charge is -2.41. The molecule has 0 spiro atoms. The highest BCUT2D eigenvalue weighted by Gasteiger charge is 2.97. The number of rotatable bonds is 8. The quantitative estimate of drug-likeness (QED) is 0.132. The Kier molecular flexibility index (Phi) is 10.5. The van der Waals surface area contributed by atoms with E-state index in [0.717, 1.165) is 18.2 Å². The topological polar surface area (TPSA) is 57.2 Å². The summed E-state index contributed by atoms with van der Waals surface area (Å²) in [6.07, 6.45) is -7.75. The molecule has 0 N–H and O–H groups in total. The zero-order valence-corrected chi connectivity index (χ0v) is 20.4. The fourth-order valence-corrected chi connectivity index (χ4v) is 4.05. The summed E-state index contributed by atoms with van der Waals surface area (Å²) in [4.78, 5) is 0. The Bertz CT molecular complexity index is 1110. The summed E-state index contributed by atoms with van der Waals surface area (Å²) in [6, 6.07) is 4.05. The summed E-state index contributed by atoms with van der Waals surface area (Å²) in [5.74, 6) is -49.6. The maximum Gasteiger partial charge on any atom is 0.516 e. The molecule has 1 rings (SSSR count). The van der Waals surface area contributed by atoms with E-state index in [1.54, 1.807) is 0 Å². The minimum Gasteiger partial charge on any atom is -0.741 e. The first-order valence-electron chi connectivity index (χ1n) is 8.52. The summed E-state index contributed by atoms with van der Waals surface area (Å²) in [6.45, 7) is 0. The maximum atomic E-state index is 13.7. The van der Waals surface area contributed by atoms with Crippen molar-refractivity contribution in [3.63, 3.8) is 0 Å². The van der Waals surface area contributed by atoms with E-state index in [1.165, 1.54) is 0 Å². The van der Waals surface area contributed by atoms with Gasteiger partial charge in [0.05, 0.1) is 0 Å².